The van der Waals surface area contributed by atoms with Gasteiger partial charge in [-0.15, -0.1) is 11.8 Å². The van der Waals surface area contributed by atoms with Crippen molar-refractivity contribution < 1.29 is 17.6 Å². The third-order valence-corrected chi connectivity index (χ3v) is 18.6. The van der Waals surface area contributed by atoms with E-state index in [0.29, 0.717) is 25.9 Å². The maximum absolute atomic E-state index is 14.4. The molecule has 7 heteroatoms. The van der Waals surface area contributed by atoms with Crippen LogP contribution >= 0.6 is 11.8 Å². The Morgan fingerprint density at radius 2 is 1.34 bits per heavy atom. The predicted octanol–water partition coefficient (Wildman–Crippen LogP) is 7.88. The summed E-state index contributed by atoms with van der Waals surface area (Å²) in [5.74, 6) is -0.566. The van der Waals surface area contributed by atoms with Gasteiger partial charge in [-0.3, -0.25) is 4.79 Å². The molecular formula is C40H44O4S2Si. The molecule has 0 aromatic heterocycles. The summed E-state index contributed by atoms with van der Waals surface area (Å²) in [6.07, 6.45) is 6.66. The molecular weight excluding hydrogens is 637 g/mol. The zero-order chi connectivity index (χ0) is 33.1. The number of thioether (sulfide) groups is 1. The van der Waals surface area contributed by atoms with Crippen LogP contribution in [0.5, 0.6) is 0 Å². The fraction of sp³-hybridized carbons (Fsp3) is 0.325. The Morgan fingerprint density at radius 3 is 1.89 bits per heavy atom. The van der Waals surface area contributed by atoms with Crippen LogP contribution in [0.4, 0.5) is 0 Å². The van der Waals surface area contributed by atoms with E-state index in [4.69, 9.17) is 4.43 Å². The number of hydrogen-bond donors (Lipinski definition) is 0. The molecule has 0 spiro atoms. The summed E-state index contributed by atoms with van der Waals surface area (Å²) in [6.45, 7) is 7.28. The van der Waals surface area contributed by atoms with Gasteiger partial charge in [-0.25, -0.2) is 8.42 Å². The Balaban J connectivity index is 1.41. The number of fused-ring (bicyclic) bond motifs is 1. The largest absolute Gasteiger partial charge is 0.407 e. The van der Waals surface area contributed by atoms with Gasteiger partial charge in [-0.2, -0.15) is 0 Å². The molecule has 0 N–H and O–H groups in total. The van der Waals surface area contributed by atoms with Gasteiger partial charge in [0.15, 0.2) is 15.6 Å². The van der Waals surface area contributed by atoms with Crippen LogP contribution in [-0.4, -0.2) is 39.6 Å². The highest BCUT2D eigenvalue weighted by Gasteiger charge is 2.57. The average Bonchev–Trinajstić information content (AvgIpc) is 3.08. The topological polar surface area (TPSA) is 60.4 Å². The van der Waals surface area contributed by atoms with E-state index in [1.807, 2.05) is 36.4 Å². The van der Waals surface area contributed by atoms with E-state index in [2.05, 4.69) is 93.6 Å². The summed E-state index contributed by atoms with van der Waals surface area (Å²) in [7, 11) is -6.74. The lowest BCUT2D eigenvalue weighted by molar-refractivity contribution is -0.124. The summed E-state index contributed by atoms with van der Waals surface area (Å²) in [4.78, 5) is 15.2. The van der Waals surface area contributed by atoms with E-state index in [1.165, 1.54) is 10.4 Å². The van der Waals surface area contributed by atoms with Crippen molar-refractivity contribution in [2.24, 2.45) is 11.3 Å². The first kappa shape index (κ1) is 33.7. The number of Topliss-reactive ketones (excluding diaryl/α,β-unsaturated/α-hetero) is 1. The molecule has 4 nitrogen and oxygen atoms in total. The van der Waals surface area contributed by atoms with E-state index in [-0.39, 0.29) is 27.4 Å². The van der Waals surface area contributed by atoms with Crippen LogP contribution in [0, 0.1) is 11.3 Å². The fourth-order valence-electron chi connectivity index (χ4n) is 7.96. The van der Waals surface area contributed by atoms with E-state index >= 15 is 0 Å². The number of benzene rings is 4. The van der Waals surface area contributed by atoms with Crippen molar-refractivity contribution in [3.8, 4) is 0 Å². The van der Waals surface area contributed by atoms with Crippen LogP contribution in [-0.2, 0) is 19.1 Å². The van der Waals surface area contributed by atoms with Gasteiger partial charge < -0.3 is 4.43 Å². The normalized spacial score (nSPS) is 23.3. The second-order valence-corrected chi connectivity index (χ2v) is 21.6. The van der Waals surface area contributed by atoms with Crippen molar-refractivity contribution in [2.75, 3.05) is 6.61 Å². The minimum absolute atomic E-state index is 0.0806. The number of carbonyl (C=O) groups is 1. The SMILES string of the molecule is CC(C)(C)[Si](OCC[C@@]12C=CC[C@@H](Sc3ccccc3)[C@@H]1[C@@H](S(=O)(=O)c1ccccc1)C(=O)CC2)(c1ccccc1)c1ccccc1. The van der Waals surface area contributed by atoms with E-state index in [1.54, 1.807) is 36.0 Å². The molecule has 2 aliphatic carbocycles. The van der Waals surface area contributed by atoms with Crippen molar-refractivity contribution in [1.29, 1.82) is 0 Å². The van der Waals surface area contributed by atoms with Gasteiger partial charge in [0.2, 0.25) is 0 Å². The Bertz CT molecular complexity index is 1750. The minimum atomic E-state index is -3.94. The fourth-order valence-corrected chi connectivity index (χ4v) is 16.2. The van der Waals surface area contributed by atoms with Crippen LogP contribution in [0.1, 0.15) is 46.5 Å². The molecule has 0 aliphatic heterocycles. The summed E-state index contributed by atoms with van der Waals surface area (Å²) in [5, 5.41) is 1.06. The lowest BCUT2D eigenvalue weighted by atomic mass is 9.60. The van der Waals surface area contributed by atoms with Crippen LogP contribution < -0.4 is 10.4 Å². The van der Waals surface area contributed by atoms with Crippen molar-refractivity contribution in [3.05, 3.63) is 133 Å². The smallest absolute Gasteiger partial charge is 0.261 e. The van der Waals surface area contributed by atoms with Gasteiger partial charge in [0.05, 0.1) is 4.90 Å². The Hall–Kier alpha value is -3.23. The number of carbonyl (C=O) groups excluding carboxylic acids is 1. The lowest BCUT2D eigenvalue weighted by Gasteiger charge is -2.51. The van der Waals surface area contributed by atoms with Gasteiger partial charge in [-0.05, 0) is 64.4 Å². The molecule has 6 rings (SSSR count). The second-order valence-electron chi connectivity index (χ2n) is 13.9. The van der Waals surface area contributed by atoms with Gasteiger partial charge in [0.25, 0.3) is 8.32 Å². The Labute approximate surface area is 285 Å². The molecule has 244 valence electrons. The highest BCUT2D eigenvalue weighted by molar-refractivity contribution is 8.00. The number of rotatable bonds is 10. The first-order chi connectivity index (χ1) is 22.6. The molecule has 1 fully saturated rings. The molecule has 4 atom stereocenters. The number of sulfone groups is 1. The molecule has 4 aromatic carbocycles. The third-order valence-electron chi connectivity index (χ3n) is 10.1. The van der Waals surface area contributed by atoms with Crippen LogP contribution in [0.2, 0.25) is 5.04 Å². The van der Waals surface area contributed by atoms with Crippen LogP contribution in [0.3, 0.4) is 0 Å². The molecule has 2 aliphatic rings. The quantitative estimate of drug-likeness (QED) is 0.126. The Morgan fingerprint density at radius 1 is 0.809 bits per heavy atom. The number of allylic oxidation sites excluding steroid dienone is 2. The zero-order valence-corrected chi connectivity index (χ0v) is 30.1. The molecule has 0 heterocycles. The zero-order valence-electron chi connectivity index (χ0n) is 27.4. The predicted molar refractivity (Wildman–Crippen MR) is 196 cm³/mol. The van der Waals surface area contributed by atoms with E-state index < -0.39 is 34.7 Å². The van der Waals surface area contributed by atoms with Crippen molar-refractivity contribution >= 4 is 46.1 Å². The molecule has 0 amide bonds. The minimum Gasteiger partial charge on any atom is -0.407 e. The van der Waals surface area contributed by atoms with Crippen molar-refractivity contribution in [3.63, 3.8) is 0 Å². The van der Waals surface area contributed by atoms with E-state index in [9.17, 15) is 13.2 Å². The molecule has 0 unspecified atom stereocenters. The third kappa shape index (κ3) is 6.48. The molecule has 4 aromatic rings. The number of ketones is 1. The molecule has 47 heavy (non-hydrogen) atoms. The van der Waals surface area contributed by atoms with Gasteiger partial charge >= 0.3 is 0 Å². The van der Waals surface area contributed by atoms with Gasteiger partial charge in [-0.1, -0.05) is 130 Å². The monoisotopic (exact) mass is 680 g/mol. The van der Waals surface area contributed by atoms with Crippen molar-refractivity contribution in [1.82, 2.24) is 0 Å². The Kier molecular flexibility index (Phi) is 9.82. The maximum atomic E-state index is 14.4. The first-order valence-electron chi connectivity index (χ1n) is 16.5. The van der Waals surface area contributed by atoms with Gasteiger partial charge in [0, 0.05) is 29.1 Å². The molecule has 1 saturated carbocycles. The summed E-state index contributed by atoms with van der Waals surface area (Å²) in [6, 6.07) is 39.9. The first-order valence-corrected chi connectivity index (χ1v) is 20.9. The molecule has 0 radical (unpaired) electrons. The molecule has 0 bridgehead atoms. The standard InChI is InChI=1S/C40H44O4S2Si/c1-39(2,3)47(33-21-12-6-13-22-33,34-23-14-7-15-24-34)44-30-29-40-27-16-25-36(45-31-17-8-4-9-18-31)37(40)38(35(41)26-28-40)46(42,43)32-19-10-5-11-20-32/h4-24,27,36-38H,25-26,28-30H2,1-3H3/t36-,37-,38+,40+/m1/s1. The number of hydrogen-bond acceptors (Lipinski definition) is 5. The lowest BCUT2D eigenvalue weighted by Crippen LogP contribution is -2.66. The second kappa shape index (κ2) is 13.7. The molecule has 0 saturated heterocycles. The summed E-state index contributed by atoms with van der Waals surface area (Å²) >= 11 is 1.70. The van der Waals surface area contributed by atoms with Crippen LogP contribution in [0.15, 0.2) is 143 Å². The van der Waals surface area contributed by atoms with E-state index in [0.717, 1.165) is 4.90 Å². The average molecular weight is 681 g/mol. The highest BCUT2D eigenvalue weighted by atomic mass is 32.2. The van der Waals surface area contributed by atoms with Gasteiger partial charge in [0.1, 0.15) is 5.25 Å². The highest BCUT2D eigenvalue weighted by Crippen LogP contribution is 2.55. The maximum Gasteiger partial charge on any atom is 0.261 e. The van der Waals surface area contributed by atoms with Crippen molar-refractivity contribution in [2.45, 2.75) is 71.8 Å². The van der Waals surface area contributed by atoms with Crippen LogP contribution in [0.25, 0.3) is 0 Å². The summed E-state index contributed by atoms with van der Waals surface area (Å²) < 4.78 is 36.3. The summed E-state index contributed by atoms with van der Waals surface area (Å²) in [5.41, 5.74) is -0.503.